The van der Waals surface area contributed by atoms with Crippen molar-refractivity contribution in [2.24, 2.45) is 0 Å². The normalized spacial score (nSPS) is 11.5. The Bertz CT molecular complexity index is 693. The van der Waals surface area contributed by atoms with Crippen LogP contribution in [0.15, 0.2) is 24.4 Å². The minimum atomic E-state index is -4.79. The number of aldehydes is 1. The van der Waals surface area contributed by atoms with Crippen LogP contribution in [0.2, 0.25) is 15.1 Å². The molecule has 0 saturated carbocycles. The quantitative estimate of drug-likeness (QED) is 0.663. The molecule has 0 saturated heterocycles. The van der Waals surface area contributed by atoms with Gasteiger partial charge >= 0.3 is 6.18 Å². The number of carbonyl (C=O) groups excluding carboxylic acids is 1. The van der Waals surface area contributed by atoms with E-state index in [9.17, 15) is 18.0 Å². The summed E-state index contributed by atoms with van der Waals surface area (Å²) in [5.74, 6) is 0. The number of pyridine rings is 1. The highest BCUT2D eigenvalue weighted by molar-refractivity contribution is 6.41. The average Bonchev–Trinajstić information content (AvgIpc) is 2.35. The van der Waals surface area contributed by atoms with Crippen molar-refractivity contribution in [3.63, 3.8) is 0 Å². The summed E-state index contributed by atoms with van der Waals surface area (Å²) >= 11 is 17.6. The first-order valence-corrected chi connectivity index (χ1v) is 6.55. The monoisotopic (exact) mass is 353 g/mol. The van der Waals surface area contributed by atoms with Gasteiger partial charge in [-0.1, -0.05) is 34.8 Å². The van der Waals surface area contributed by atoms with Gasteiger partial charge in [0.25, 0.3) is 0 Å². The van der Waals surface area contributed by atoms with E-state index < -0.39 is 23.0 Å². The first-order valence-electron chi connectivity index (χ1n) is 5.42. The second-order valence-electron chi connectivity index (χ2n) is 3.98. The van der Waals surface area contributed by atoms with E-state index in [1.54, 1.807) is 0 Å². The topological polar surface area (TPSA) is 30.0 Å². The maximum atomic E-state index is 13.2. The molecule has 1 aromatic heterocycles. The highest BCUT2D eigenvalue weighted by atomic mass is 35.5. The zero-order chi connectivity index (χ0) is 15.8. The van der Waals surface area contributed by atoms with E-state index in [2.05, 4.69) is 4.98 Å². The second kappa shape index (κ2) is 5.83. The molecule has 0 atom stereocenters. The van der Waals surface area contributed by atoms with Crippen molar-refractivity contribution in [1.82, 2.24) is 4.98 Å². The first-order chi connectivity index (χ1) is 9.75. The minimum Gasteiger partial charge on any atom is -0.298 e. The number of nitrogens with zero attached hydrogens (tertiary/aromatic N) is 1. The van der Waals surface area contributed by atoms with Gasteiger partial charge in [-0.15, -0.1) is 0 Å². The Morgan fingerprint density at radius 3 is 2.14 bits per heavy atom. The van der Waals surface area contributed by atoms with E-state index in [1.165, 1.54) is 12.1 Å². The summed E-state index contributed by atoms with van der Waals surface area (Å²) in [6, 6.07) is 3.47. The molecule has 2 aromatic rings. The van der Waals surface area contributed by atoms with Crippen molar-refractivity contribution in [3.8, 4) is 11.3 Å². The number of halogens is 6. The largest absolute Gasteiger partial charge is 0.419 e. The Morgan fingerprint density at radius 1 is 1.10 bits per heavy atom. The van der Waals surface area contributed by atoms with Gasteiger partial charge < -0.3 is 0 Å². The fraction of sp³-hybridized carbons (Fsp3) is 0.0769. The molecule has 0 amide bonds. The Hall–Kier alpha value is -1.30. The molecule has 0 fully saturated rings. The lowest BCUT2D eigenvalue weighted by molar-refractivity contribution is -0.137. The van der Waals surface area contributed by atoms with E-state index >= 15 is 0 Å². The summed E-state index contributed by atoms with van der Waals surface area (Å²) in [5.41, 5.74) is -2.38. The minimum absolute atomic E-state index is 0.0893. The molecular formula is C13H5Cl3F3NO. The van der Waals surface area contributed by atoms with Crippen LogP contribution in [0.25, 0.3) is 11.3 Å². The van der Waals surface area contributed by atoms with Crippen molar-refractivity contribution >= 4 is 41.1 Å². The number of hydrogen-bond acceptors (Lipinski definition) is 2. The first kappa shape index (κ1) is 16.1. The van der Waals surface area contributed by atoms with Crippen molar-refractivity contribution in [3.05, 3.63) is 50.6 Å². The Kier molecular flexibility index (Phi) is 4.46. The summed E-state index contributed by atoms with van der Waals surface area (Å²) in [7, 11) is 0. The summed E-state index contributed by atoms with van der Waals surface area (Å²) in [6.45, 7) is 0. The maximum absolute atomic E-state index is 13.2. The summed E-state index contributed by atoms with van der Waals surface area (Å²) < 4.78 is 39.6. The summed E-state index contributed by atoms with van der Waals surface area (Å²) in [6.07, 6.45) is -3.60. The molecule has 2 nitrogen and oxygen atoms in total. The molecule has 21 heavy (non-hydrogen) atoms. The van der Waals surface area contributed by atoms with Gasteiger partial charge in [0, 0.05) is 22.3 Å². The number of hydrogen-bond donors (Lipinski definition) is 0. The molecule has 0 N–H and O–H groups in total. The van der Waals surface area contributed by atoms with Gasteiger partial charge in [0.15, 0.2) is 6.29 Å². The fourth-order valence-corrected chi connectivity index (χ4v) is 2.83. The SMILES string of the molecule is O=Cc1ccnc(-c2c(Cl)cc(Cl)cc2Cl)c1C(F)(F)F. The van der Waals surface area contributed by atoms with Crippen LogP contribution >= 0.6 is 34.8 Å². The number of rotatable bonds is 2. The van der Waals surface area contributed by atoms with Crippen LogP contribution in [0.3, 0.4) is 0 Å². The van der Waals surface area contributed by atoms with Crippen molar-refractivity contribution in [2.45, 2.75) is 6.18 Å². The lowest BCUT2D eigenvalue weighted by atomic mass is 10.0. The molecular weight excluding hydrogens is 350 g/mol. The summed E-state index contributed by atoms with van der Waals surface area (Å²) in [4.78, 5) is 14.6. The van der Waals surface area contributed by atoms with E-state index in [-0.39, 0.29) is 26.9 Å². The predicted molar refractivity (Wildman–Crippen MR) is 75.1 cm³/mol. The Morgan fingerprint density at radius 2 is 1.67 bits per heavy atom. The smallest absolute Gasteiger partial charge is 0.298 e. The van der Waals surface area contributed by atoms with Gasteiger partial charge in [0.1, 0.15) is 0 Å². The lowest BCUT2D eigenvalue weighted by Crippen LogP contribution is -2.12. The summed E-state index contributed by atoms with van der Waals surface area (Å²) in [5, 5.41) is -0.00375. The highest BCUT2D eigenvalue weighted by Crippen LogP contribution is 2.43. The molecule has 110 valence electrons. The van der Waals surface area contributed by atoms with E-state index in [1.807, 2.05) is 0 Å². The molecule has 0 bridgehead atoms. The second-order valence-corrected chi connectivity index (χ2v) is 5.23. The molecule has 1 aromatic carbocycles. The van der Waals surface area contributed by atoms with Gasteiger partial charge in [0.05, 0.1) is 21.3 Å². The van der Waals surface area contributed by atoms with Crippen molar-refractivity contribution < 1.29 is 18.0 Å². The van der Waals surface area contributed by atoms with Crippen LogP contribution in [-0.2, 0) is 6.18 Å². The zero-order valence-electron chi connectivity index (χ0n) is 10.0. The van der Waals surface area contributed by atoms with Crippen LogP contribution < -0.4 is 0 Å². The lowest BCUT2D eigenvalue weighted by Gasteiger charge is -2.16. The Labute approximate surface area is 132 Å². The third-order valence-corrected chi connectivity index (χ3v) is 3.45. The van der Waals surface area contributed by atoms with Crippen LogP contribution in [0.1, 0.15) is 15.9 Å². The van der Waals surface area contributed by atoms with Gasteiger partial charge in [-0.2, -0.15) is 13.2 Å². The number of carbonyl (C=O) groups is 1. The molecule has 1 heterocycles. The van der Waals surface area contributed by atoms with Crippen LogP contribution in [0, 0.1) is 0 Å². The van der Waals surface area contributed by atoms with Crippen molar-refractivity contribution in [1.29, 1.82) is 0 Å². The number of benzene rings is 1. The van der Waals surface area contributed by atoms with E-state index in [0.29, 0.717) is 0 Å². The predicted octanol–water partition coefficient (Wildman–Crippen LogP) is 5.54. The third-order valence-electron chi connectivity index (χ3n) is 2.64. The zero-order valence-corrected chi connectivity index (χ0v) is 12.3. The molecule has 2 rings (SSSR count). The highest BCUT2D eigenvalue weighted by Gasteiger charge is 2.38. The Balaban J connectivity index is 2.86. The molecule has 0 unspecified atom stereocenters. The van der Waals surface area contributed by atoms with E-state index in [0.717, 1.165) is 12.3 Å². The van der Waals surface area contributed by atoms with Crippen LogP contribution in [-0.4, -0.2) is 11.3 Å². The third kappa shape index (κ3) is 3.15. The number of alkyl halides is 3. The van der Waals surface area contributed by atoms with Gasteiger partial charge in [-0.25, -0.2) is 0 Å². The maximum Gasteiger partial charge on any atom is 0.419 e. The molecule has 0 spiro atoms. The molecule has 0 aliphatic rings. The number of aromatic nitrogens is 1. The van der Waals surface area contributed by atoms with Gasteiger partial charge in [-0.3, -0.25) is 9.78 Å². The molecule has 0 radical (unpaired) electrons. The van der Waals surface area contributed by atoms with E-state index in [4.69, 9.17) is 34.8 Å². The molecule has 8 heteroatoms. The van der Waals surface area contributed by atoms with Gasteiger partial charge in [-0.05, 0) is 18.2 Å². The van der Waals surface area contributed by atoms with Crippen LogP contribution in [0.4, 0.5) is 13.2 Å². The van der Waals surface area contributed by atoms with Crippen LogP contribution in [0.5, 0.6) is 0 Å². The molecule has 0 aliphatic heterocycles. The molecule has 0 aliphatic carbocycles. The average molecular weight is 355 g/mol. The van der Waals surface area contributed by atoms with Crippen molar-refractivity contribution in [2.75, 3.05) is 0 Å². The fourth-order valence-electron chi connectivity index (χ4n) is 1.83. The van der Waals surface area contributed by atoms with Gasteiger partial charge in [0.2, 0.25) is 0 Å². The standard InChI is InChI=1S/C13H5Cl3F3NO/c14-7-3-8(15)10(9(16)4-7)12-11(13(17,18)19)6(5-21)1-2-20-12/h1-5H.